The number of nitrogens with zero attached hydrogens (tertiary/aromatic N) is 1. The molecule has 0 bridgehead atoms. The van der Waals surface area contributed by atoms with Crippen molar-refractivity contribution < 1.29 is 23.9 Å². The molecule has 2 amide bonds. The average Bonchev–Trinajstić information content (AvgIpc) is 3.00. The number of benzene rings is 2. The zero-order valence-electron chi connectivity index (χ0n) is 18.0. The van der Waals surface area contributed by atoms with Crippen LogP contribution in [0.25, 0.3) is 6.08 Å². The normalized spacial score (nSPS) is 14.3. The van der Waals surface area contributed by atoms with E-state index in [1.165, 1.54) is 13.3 Å². The van der Waals surface area contributed by atoms with Gasteiger partial charge < -0.3 is 4.74 Å². The zero-order valence-corrected chi connectivity index (χ0v) is 18.0. The lowest BCUT2D eigenvalue weighted by molar-refractivity contribution is -0.150. The minimum absolute atomic E-state index is 0.152. The number of amides is 2. The standard InChI is InChI=1S/C25H25NO5/c1-15(2)22(27)21(25(30)31-4)14-18-10-9-17(13-16(18)3)11-12-26-23(28)19-7-5-6-8-20(19)24(26)29/h5-13,15,21H,14H2,1-4H3. The number of aryl methyl sites for hydroxylation is 1. The topological polar surface area (TPSA) is 80.8 Å². The van der Waals surface area contributed by atoms with Crippen molar-refractivity contribution in [3.63, 3.8) is 0 Å². The fourth-order valence-electron chi connectivity index (χ4n) is 3.62. The van der Waals surface area contributed by atoms with Gasteiger partial charge in [0.15, 0.2) is 0 Å². The first-order chi connectivity index (χ1) is 14.7. The van der Waals surface area contributed by atoms with Crippen LogP contribution in [0, 0.1) is 18.8 Å². The lowest BCUT2D eigenvalue weighted by atomic mass is 9.88. The van der Waals surface area contributed by atoms with Crippen LogP contribution in [0.1, 0.15) is 51.3 Å². The van der Waals surface area contributed by atoms with E-state index in [2.05, 4.69) is 0 Å². The molecular formula is C25H25NO5. The molecule has 160 valence electrons. The molecule has 0 aliphatic carbocycles. The monoisotopic (exact) mass is 419 g/mol. The summed E-state index contributed by atoms with van der Waals surface area (Å²) in [5, 5.41) is 0. The molecule has 1 unspecified atom stereocenters. The Hall–Kier alpha value is -3.54. The number of rotatable bonds is 7. The quantitative estimate of drug-likeness (QED) is 0.387. The van der Waals surface area contributed by atoms with E-state index >= 15 is 0 Å². The summed E-state index contributed by atoms with van der Waals surface area (Å²) in [6.07, 6.45) is 3.42. The van der Waals surface area contributed by atoms with Crippen LogP contribution in [0.4, 0.5) is 0 Å². The molecule has 0 radical (unpaired) electrons. The van der Waals surface area contributed by atoms with E-state index < -0.39 is 11.9 Å². The van der Waals surface area contributed by atoms with E-state index in [1.807, 2.05) is 25.1 Å². The summed E-state index contributed by atoms with van der Waals surface area (Å²) >= 11 is 0. The van der Waals surface area contributed by atoms with E-state index in [1.54, 1.807) is 44.2 Å². The van der Waals surface area contributed by atoms with Gasteiger partial charge in [-0.1, -0.05) is 44.2 Å². The minimum atomic E-state index is -0.844. The molecule has 1 aliphatic heterocycles. The van der Waals surface area contributed by atoms with Crippen LogP contribution in [0.5, 0.6) is 0 Å². The van der Waals surface area contributed by atoms with Crippen LogP contribution in [0.15, 0.2) is 48.7 Å². The Morgan fingerprint density at radius 1 is 1.03 bits per heavy atom. The van der Waals surface area contributed by atoms with Crippen LogP contribution in [0.3, 0.4) is 0 Å². The summed E-state index contributed by atoms with van der Waals surface area (Å²) in [5.74, 6) is -2.50. The number of imide groups is 1. The van der Waals surface area contributed by atoms with Crippen LogP contribution in [-0.2, 0) is 20.7 Å². The molecule has 1 aliphatic rings. The first kappa shape index (κ1) is 22.2. The highest BCUT2D eigenvalue weighted by Crippen LogP contribution is 2.24. The number of hydrogen-bond donors (Lipinski definition) is 0. The molecule has 1 atom stereocenters. The molecule has 0 saturated heterocycles. The van der Waals surface area contributed by atoms with Gasteiger partial charge in [0.05, 0.1) is 18.2 Å². The lowest BCUT2D eigenvalue weighted by Crippen LogP contribution is -2.30. The Bertz CT molecular complexity index is 1050. The summed E-state index contributed by atoms with van der Waals surface area (Å²) in [6, 6.07) is 12.3. The number of esters is 1. The third-order valence-corrected chi connectivity index (χ3v) is 5.43. The summed E-state index contributed by atoms with van der Waals surface area (Å²) < 4.78 is 4.82. The molecule has 6 heteroatoms. The zero-order chi connectivity index (χ0) is 22.7. The van der Waals surface area contributed by atoms with Crippen molar-refractivity contribution in [2.24, 2.45) is 11.8 Å². The molecule has 0 fully saturated rings. The third kappa shape index (κ3) is 4.48. The highest BCUT2D eigenvalue weighted by atomic mass is 16.5. The molecule has 3 rings (SSSR count). The van der Waals surface area contributed by atoms with Gasteiger partial charge in [-0.05, 0) is 48.2 Å². The predicted molar refractivity (Wildman–Crippen MR) is 116 cm³/mol. The average molecular weight is 419 g/mol. The number of ether oxygens (including phenoxy) is 1. The van der Waals surface area contributed by atoms with Gasteiger partial charge in [-0.2, -0.15) is 0 Å². The highest BCUT2D eigenvalue weighted by Gasteiger charge is 2.33. The van der Waals surface area contributed by atoms with Gasteiger partial charge in [0, 0.05) is 12.1 Å². The third-order valence-electron chi connectivity index (χ3n) is 5.43. The van der Waals surface area contributed by atoms with Crippen molar-refractivity contribution in [3.8, 4) is 0 Å². The van der Waals surface area contributed by atoms with Gasteiger partial charge in [0.1, 0.15) is 11.7 Å². The van der Waals surface area contributed by atoms with Gasteiger partial charge in [-0.3, -0.25) is 19.2 Å². The van der Waals surface area contributed by atoms with Crippen LogP contribution < -0.4 is 0 Å². The number of carbonyl (C=O) groups excluding carboxylic acids is 4. The van der Waals surface area contributed by atoms with Crippen molar-refractivity contribution in [2.75, 3.05) is 7.11 Å². The number of ketones is 1. The molecule has 0 aromatic heterocycles. The molecule has 0 N–H and O–H groups in total. The first-order valence-corrected chi connectivity index (χ1v) is 10.1. The molecular weight excluding hydrogens is 394 g/mol. The van der Waals surface area contributed by atoms with E-state index in [0.29, 0.717) is 11.1 Å². The van der Waals surface area contributed by atoms with Crippen molar-refractivity contribution in [1.82, 2.24) is 4.90 Å². The number of carbonyl (C=O) groups is 4. The Labute approximate surface area is 181 Å². The Morgan fingerprint density at radius 3 is 2.16 bits per heavy atom. The second kappa shape index (κ2) is 9.08. The van der Waals surface area contributed by atoms with Gasteiger partial charge in [0.2, 0.25) is 0 Å². The van der Waals surface area contributed by atoms with Crippen molar-refractivity contribution in [3.05, 3.63) is 76.5 Å². The summed E-state index contributed by atoms with van der Waals surface area (Å²) in [7, 11) is 1.28. The predicted octanol–water partition coefficient (Wildman–Crippen LogP) is 3.82. The van der Waals surface area contributed by atoms with E-state index in [-0.39, 0.29) is 29.9 Å². The number of Topliss-reactive ketones (excluding diaryl/α,β-unsaturated/α-hetero) is 1. The van der Waals surface area contributed by atoms with Crippen molar-refractivity contribution >= 4 is 29.6 Å². The van der Waals surface area contributed by atoms with Crippen molar-refractivity contribution in [1.29, 1.82) is 0 Å². The minimum Gasteiger partial charge on any atom is -0.468 e. The fraction of sp³-hybridized carbons (Fsp3) is 0.280. The van der Waals surface area contributed by atoms with Crippen LogP contribution in [-0.4, -0.2) is 35.6 Å². The Balaban J connectivity index is 1.78. The van der Waals surface area contributed by atoms with E-state index in [9.17, 15) is 19.2 Å². The SMILES string of the molecule is COC(=O)C(Cc1ccc(C=CN2C(=O)c3ccccc3C2=O)cc1C)C(=O)C(C)C. The van der Waals surface area contributed by atoms with Gasteiger partial charge in [0.25, 0.3) is 11.8 Å². The van der Waals surface area contributed by atoms with Gasteiger partial charge >= 0.3 is 5.97 Å². The Morgan fingerprint density at radius 2 is 1.65 bits per heavy atom. The smallest absolute Gasteiger partial charge is 0.316 e. The van der Waals surface area contributed by atoms with Gasteiger partial charge in [-0.15, -0.1) is 0 Å². The second-order valence-electron chi connectivity index (χ2n) is 7.86. The van der Waals surface area contributed by atoms with E-state index in [4.69, 9.17) is 4.74 Å². The number of methoxy groups -OCH3 is 1. The molecule has 2 aromatic rings. The van der Waals surface area contributed by atoms with Crippen LogP contribution >= 0.6 is 0 Å². The highest BCUT2D eigenvalue weighted by molar-refractivity contribution is 6.22. The maximum Gasteiger partial charge on any atom is 0.316 e. The molecule has 1 heterocycles. The molecule has 0 saturated carbocycles. The number of fused-ring (bicyclic) bond motifs is 1. The van der Waals surface area contributed by atoms with E-state index in [0.717, 1.165) is 21.6 Å². The van der Waals surface area contributed by atoms with Crippen LogP contribution in [0.2, 0.25) is 0 Å². The maximum absolute atomic E-state index is 12.5. The maximum atomic E-state index is 12.5. The number of hydrogen-bond acceptors (Lipinski definition) is 5. The summed E-state index contributed by atoms with van der Waals surface area (Å²) in [5.41, 5.74) is 3.35. The summed E-state index contributed by atoms with van der Waals surface area (Å²) in [6.45, 7) is 5.42. The molecule has 6 nitrogen and oxygen atoms in total. The van der Waals surface area contributed by atoms with Gasteiger partial charge in [-0.25, -0.2) is 4.90 Å². The first-order valence-electron chi connectivity index (χ1n) is 10.1. The molecule has 0 spiro atoms. The lowest BCUT2D eigenvalue weighted by Gasteiger charge is -2.17. The second-order valence-corrected chi connectivity index (χ2v) is 7.86. The summed E-state index contributed by atoms with van der Waals surface area (Å²) in [4.78, 5) is 50.6. The van der Waals surface area contributed by atoms with Crippen molar-refractivity contribution in [2.45, 2.75) is 27.2 Å². The Kier molecular flexibility index (Phi) is 6.49. The fourth-order valence-corrected chi connectivity index (χ4v) is 3.62. The molecule has 2 aromatic carbocycles. The molecule has 31 heavy (non-hydrogen) atoms. The largest absolute Gasteiger partial charge is 0.468 e.